The van der Waals surface area contributed by atoms with Gasteiger partial charge in [-0.1, -0.05) is 12.8 Å². The van der Waals surface area contributed by atoms with Crippen LogP contribution in [0.1, 0.15) is 37.7 Å². The third kappa shape index (κ3) is 8.86. The Labute approximate surface area is 164 Å². The molecule has 0 amide bonds. The topological polar surface area (TPSA) is 65.5 Å². The number of nitrogens with zero attached hydrogens (tertiary/aromatic N) is 3. The molecule has 146 valence electrons. The zero-order valence-corrected chi connectivity index (χ0v) is 16.6. The summed E-state index contributed by atoms with van der Waals surface area (Å²) in [7, 11) is 0. The van der Waals surface area contributed by atoms with Crippen LogP contribution in [0.4, 0.5) is 0 Å². The van der Waals surface area contributed by atoms with Gasteiger partial charge in [0.05, 0.1) is 18.2 Å². The molecular formula is C20H33ClN4O. The van der Waals surface area contributed by atoms with Crippen LogP contribution in [-0.2, 0) is 0 Å². The molecule has 0 atom stereocenters. The Bertz CT molecular complexity index is 510. The van der Waals surface area contributed by atoms with Gasteiger partial charge >= 0.3 is 0 Å². The normalized spacial score (nSPS) is 15.2. The number of rotatable bonds is 11. The molecule has 0 radical (unpaired) electrons. The van der Waals surface area contributed by atoms with Crippen molar-refractivity contribution in [2.45, 2.75) is 32.1 Å². The van der Waals surface area contributed by atoms with Gasteiger partial charge < -0.3 is 20.3 Å². The lowest BCUT2D eigenvalue weighted by atomic mass is 10.2. The van der Waals surface area contributed by atoms with Crippen molar-refractivity contribution in [3.8, 4) is 11.8 Å². The zero-order valence-electron chi connectivity index (χ0n) is 15.7. The maximum atomic E-state index is 8.78. The van der Waals surface area contributed by atoms with Gasteiger partial charge in [-0.25, -0.2) is 0 Å². The third-order valence-electron chi connectivity index (χ3n) is 4.76. The lowest BCUT2D eigenvalue weighted by molar-refractivity contribution is 0.124. The van der Waals surface area contributed by atoms with Crippen molar-refractivity contribution in [2.24, 2.45) is 5.73 Å². The highest BCUT2D eigenvalue weighted by Crippen LogP contribution is 2.12. The van der Waals surface area contributed by atoms with E-state index in [0.29, 0.717) is 5.56 Å². The van der Waals surface area contributed by atoms with E-state index >= 15 is 0 Å². The number of hydrogen-bond acceptors (Lipinski definition) is 5. The zero-order chi connectivity index (χ0) is 17.7. The molecule has 0 aliphatic carbocycles. The fraction of sp³-hybridized carbons (Fsp3) is 0.650. The molecule has 0 spiro atoms. The summed E-state index contributed by atoms with van der Waals surface area (Å²) in [4.78, 5) is 5.12. The van der Waals surface area contributed by atoms with E-state index in [-0.39, 0.29) is 12.4 Å². The summed E-state index contributed by atoms with van der Waals surface area (Å²) in [5.41, 5.74) is 6.20. The summed E-state index contributed by atoms with van der Waals surface area (Å²) in [5.74, 6) is 0.846. The summed E-state index contributed by atoms with van der Waals surface area (Å²) in [6.07, 6.45) is 6.09. The molecule has 1 heterocycles. The first-order chi connectivity index (χ1) is 12.3. The van der Waals surface area contributed by atoms with Crippen LogP contribution >= 0.6 is 12.4 Å². The maximum absolute atomic E-state index is 8.78. The molecule has 1 saturated heterocycles. The van der Waals surface area contributed by atoms with Gasteiger partial charge in [0.2, 0.25) is 0 Å². The average Bonchev–Trinajstić information content (AvgIpc) is 2.66. The summed E-state index contributed by atoms with van der Waals surface area (Å²) < 4.78 is 5.75. The molecule has 2 rings (SSSR count). The van der Waals surface area contributed by atoms with E-state index in [1.54, 1.807) is 12.1 Å². The van der Waals surface area contributed by atoms with Crippen LogP contribution in [-0.4, -0.2) is 62.2 Å². The first-order valence-corrected chi connectivity index (χ1v) is 9.59. The lowest BCUT2D eigenvalue weighted by Crippen LogP contribution is -2.46. The van der Waals surface area contributed by atoms with Crippen LogP contribution in [0.2, 0.25) is 0 Å². The highest BCUT2D eigenvalue weighted by molar-refractivity contribution is 5.85. The maximum Gasteiger partial charge on any atom is 0.119 e. The Morgan fingerprint density at radius 3 is 2.04 bits per heavy atom. The molecule has 0 aromatic heterocycles. The summed E-state index contributed by atoms with van der Waals surface area (Å²) in [6, 6.07) is 9.44. The van der Waals surface area contributed by atoms with Crippen LogP contribution < -0.4 is 10.5 Å². The van der Waals surface area contributed by atoms with E-state index in [4.69, 9.17) is 15.7 Å². The van der Waals surface area contributed by atoms with Crippen LogP contribution in [0.3, 0.4) is 0 Å². The van der Waals surface area contributed by atoms with Crippen LogP contribution in [0.25, 0.3) is 0 Å². The van der Waals surface area contributed by atoms with Crippen LogP contribution in [0.5, 0.6) is 5.75 Å². The van der Waals surface area contributed by atoms with Crippen molar-refractivity contribution >= 4 is 12.4 Å². The van der Waals surface area contributed by atoms with Crippen molar-refractivity contribution < 1.29 is 4.74 Å². The smallest absolute Gasteiger partial charge is 0.119 e. The van der Waals surface area contributed by atoms with E-state index in [2.05, 4.69) is 15.9 Å². The Morgan fingerprint density at radius 1 is 0.885 bits per heavy atom. The van der Waals surface area contributed by atoms with Crippen LogP contribution in [0.15, 0.2) is 24.3 Å². The second-order valence-corrected chi connectivity index (χ2v) is 6.72. The van der Waals surface area contributed by atoms with Gasteiger partial charge in [0.15, 0.2) is 0 Å². The SMILES string of the molecule is Cl.N#Cc1ccc(OCCCN2CCN(CCCCCCN)CC2)cc1. The standard InChI is InChI=1S/C20H32N4O.ClH/c21-10-3-1-2-4-11-23-13-15-24(16-14-23)12-5-17-25-20-8-6-19(18-22)7-9-20;/h6-9H,1-5,10-17,21H2;1H. The highest BCUT2D eigenvalue weighted by atomic mass is 35.5. The second kappa shape index (κ2) is 13.8. The fourth-order valence-electron chi connectivity index (χ4n) is 3.17. The first-order valence-electron chi connectivity index (χ1n) is 9.59. The lowest BCUT2D eigenvalue weighted by Gasteiger charge is -2.34. The minimum Gasteiger partial charge on any atom is -0.494 e. The number of piperazine rings is 1. The van der Waals surface area contributed by atoms with Gasteiger partial charge in [0.25, 0.3) is 0 Å². The van der Waals surface area contributed by atoms with Gasteiger partial charge in [-0.05, 0) is 56.6 Å². The van der Waals surface area contributed by atoms with Crippen molar-refractivity contribution in [1.29, 1.82) is 5.26 Å². The Hall–Kier alpha value is -1.32. The molecule has 1 aromatic carbocycles. The second-order valence-electron chi connectivity index (χ2n) is 6.72. The van der Waals surface area contributed by atoms with Gasteiger partial charge in [-0.2, -0.15) is 5.26 Å². The average molecular weight is 381 g/mol. The van der Waals surface area contributed by atoms with Gasteiger partial charge in [0.1, 0.15) is 5.75 Å². The Balaban J connectivity index is 0.00000338. The highest BCUT2D eigenvalue weighted by Gasteiger charge is 2.15. The number of benzene rings is 1. The Morgan fingerprint density at radius 2 is 1.46 bits per heavy atom. The molecule has 1 aliphatic heterocycles. The molecule has 1 aliphatic rings. The van der Waals surface area contributed by atoms with Crippen molar-refractivity contribution in [1.82, 2.24) is 9.80 Å². The van der Waals surface area contributed by atoms with E-state index in [1.165, 1.54) is 52.0 Å². The predicted octanol–water partition coefficient (Wildman–Crippen LogP) is 2.89. The van der Waals surface area contributed by atoms with Gasteiger partial charge in [-0.3, -0.25) is 0 Å². The number of nitriles is 1. The number of unbranched alkanes of at least 4 members (excludes halogenated alkanes) is 3. The third-order valence-corrected chi connectivity index (χ3v) is 4.76. The number of halogens is 1. The monoisotopic (exact) mass is 380 g/mol. The number of nitrogens with two attached hydrogens (primary N) is 1. The summed E-state index contributed by atoms with van der Waals surface area (Å²) in [6.45, 7) is 8.60. The molecule has 0 bridgehead atoms. The number of hydrogen-bond donors (Lipinski definition) is 1. The molecule has 5 nitrogen and oxygen atoms in total. The van der Waals surface area contributed by atoms with Crippen molar-refractivity contribution in [2.75, 3.05) is 52.4 Å². The molecule has 26 heavy (non-hydrogen) atoms. The molecule has 2 N–H and O–H groups in total. The Kier molecular flexibility index (Phi) is 12.1. The predicted molar refractivity (Wildman–Crippen MR) is 109 cm³/mol. The minimum absolute atomic E-state index is 0. The first kappa shape index (κ1) is 22.7. The largest absolute Gasteiger partial charge is 0.494 e. The fourth-order valence-corrected chi connectivity index (χ4v) is 3.17. The van der Waals surface area contributed by atoms with E-state index in [9.17, 15) is 0 Å². The summed E-state index contributed by atoms with van der Waals surface area (Å²) >= 11 is 0. The van der Waals surface area contributed by atoms with E-state index < -0.39 is 0 Å². The minimum atomic E-state index is 0. The van der Waals surface area contributed by atoms with E-state index in [0.717, 1.165) is 38.3 Å². The van der Waals surface area contributed by atoms with Crippen molar-refractivity contribution in [3.63, 3.8) is 0 Å². The molecule has 0 unspecified atom stereocenters. The van der Waals surface area contributed by atoms with Gasteiger partial charge in [-0.15, -0.1) is 12.4 Å². The quantitative estimate of drug-likeness (QED) is 0.598. The van der Waals surface area contributed by atoms with E-state index in [1.807, 2.05) is 12.1 Å². The molecule has 6 heteroatoms. The van der Waals surface area contributed by atoms with Crippen molar-refractivity contribution in [3.05, 3.63) is 29.8 Å². The summed E-state index contributed by atoms with van der Waals surface area (Å²) in [5, 5.41) is 8.78. The molecule has 1 fully saturated rings. The molecule has 0 saturated carbocycles. The van der Waals surface area contributed by atoms with Crippen LogP contribution in [0, 0.1) is 11.3 Å². The van der Waals surface area contributed by atoms with Gasteiger partial charge in [0, 0.05) is 32.7 Å². The number of ether oxygens (including phenoxy) is 1. The molecule has 1 aromatic rings. The molecular weight excluding hydrogens is 348 g/mol.